The first kappa shape index (κ1) is 16.5. The van der Waals surface area contributed by atoms with Gasteiger partial charge in [0.1, 0.15) is 12.4 Å². The molecule has 1 rings (SSSR count). The molecule has 0 spiro atoms. The number of carbonyl (C=O) groups is 1. The average molecular weight is 280 g/mol. The van der Waals surface area contributed by atoms with Gasteiger partial charge in [0.15, 0.2) is 0 Å². The van der Waals surface area contributed by atoms with Crippen LogP contribution in [0.4, 0.5) is 0 Å². The molecule has 0 aliphatic rings. The summed E-state index contributed by atoms with van der Waals surface area (Å²) >= 11 is 0. The number of benzene rings is 1. The number of hydrogen-bond acceptors (Lipinski definition) is 4. The highest BCUT2D eigenvalue weighted by atomic mass is 16.5. The third kappa shape index (κ3) is 6.04. The van der Waals surface area contributed by atoms with Gasteiger partial charge < -0.3 is 20.5 Å². The van der Waals surface area contributed by atoms with E-state index in [0.29, 0.717) is 26.2 Å². The van der Waals surface area contributed by atoms with E-state index in [9.17, 15) is 4.79 Å². The lowest BCUT2D eigenvalue weighted by Gasteiger charge is -2.13. The second-order valence-corrected chi connectivity index (χ2v) is 4.91. The number of carbonyl (C=O) groups excluding carboxylic acids is 1. The van der Waals surface area contributed by atoms with Gasteiger partial charge in [0.05, 0.1) is 6.61 Å². The van der Waals surface area contributed by atoms with E-state index in [4.69, 9.17) is 15.2 Å². The number of nitrogens with one attached hydrogen (secondary N) is 1. The molecule has 1 atom stereocenters. The van der Waals surface area contributed by atoms with Crippen molar-refractivity contribution in [2.45, 2.75) is 32.9 Å². The molecule has 5 nitrogen and oxygen atoms in total. The van der Waals surface area contributed by atoms with Gasteiger partial charge >= 0.3 is 0 Å². The van der Waals surface area contributed by atoms with Gasteiger partial charge in [-0.25, -0.2) is 0 Å². The maximum absolute atomic E-state index is 11.6. The van der Waals surface area contributed by atoms with Crippen LogP contribution in [0.2, 0.25) is 0 Å². The van der Waals surface area contributed by atoms with Crippen LogP contribution in [0, 0.1) is 6.92 Å². The molecule has 0 bridgehead atoms. The van der Waals surface area contributed by atoms with Crippen LogP contribution in [0.1, 0.15) is 24.5 Å². The summed E-state index contributed by atoms with van der Waals surface area (Å²) in [4.78, 5) is 11.6. The highest BCUT2D eigenvalue weighted by Crippen LogP contribution is 2.20. The Balaban J connectivity index is 2.61. The molecule has 0 aliphatic heterocycles. The van der Waals surface area contributed by atoms with Crippen molar-refractivity contribution in [2.24, 2.45) is 5.73 Å². The van der Waals surface area contributed by atoms with E-state index in [1.807, 2.05) is 32.0 Å². The fourth-order valence-electron chi connectivity index (χ4n) is 1.74. The summed E-state index contributed by atoms with van der Waals surface area (Å²) in [7, 11) is 1.63. The van der Waals surface area contributed by atoms with Gasteiger partial charge in [-0.1, -0.05) is 12.1 Å². The molecule has 0 aromatic heterocycles. The minimum absolute atomic E-state index is 0.0524. The van der Waals surface area contributed by atoms with E-state index < -0.39 is 0 Å². The number of rotatable bonds is 8. The first-order chi connectivity index (χ1) is 9.52. The van der Waals surface area contributed by atoms with Gasteiger partial charge in [-0.15, -0.1) is 0 Å². The number of amides is 1. The highest BCUT2D eigenvalue weighted by molar-refractivity contribution is 5.76. The Kier molecular flexibility index (Phi) is 7.04. The lowest BCUT2D eigenvalue weighted by atomic mass is 10.1. The molecule has 3 N–H and O–H groups in total. The van der Waals surface area contributed by atoms with Gasteiger partial charge in [0, 0.05) is 31.7 Å². The van der Waals surface area contributed by atoms with Crippen LogP contribution in [0.25, 0.3) is 0 Å². The number of nitrogens with two attached hydrogens (primary N) is 1. The highest BCUT2D eigenvalue weighted by Gasteiger charge is 2.08. The number of ether oxygens (including phenoxy) is 2. The number of methoxy groups -OCH3 is 1. The summed E-state index contributed by atoms with van der Waals surface area (Å²) in [5.74, 6) is 0.728. The fraction of sp³-hybridized carbons (Fsp3) is 0.533. The zero-order valence-electron chi connectivity index (χ0n) is 12.4. The van der Waals surface area contributed by atoms with Crippen molar-refractivity contribution in [3.05, 3.63) is 29.3 Å². The minimum Gasteiger partial charge on any atom is -0.491 e. The van der Waals surface area contributed by atoms with Crippen LogP contribution in [0.5, 0.6) is 5.75 Å². The molecule has 0 radical (unpaired) electrons. The van der Waals surface area contributed by atoms with E-state index in [2.05, 4.69) is 5.32 Å². The Morgan fingerprint density at radius 2 is 2.15 bits per heavy atom. The van der Waals surface area contributed by atoms with Crippen molar-refractivity contribution in [3.8, 4) is 5.75 Å². The van der Waals surface area contributed by atoms with Crippen molar-refractivity contribution >= 4 is 5.91 Å². The largest absolute Gasteiger partial charge is 0.491 e. The fourth-order valence-corrected chi connectivity index (χ4v) is 1.74. The normalized spacial score (nSPS) is 12.0. The lowest BCUT2D eigenvalue weighted by molar-refractivity contribution is -0.121. The molecule has 1 aromatic carbocycles. The third-order valence-electron chi connectivity index (χ3n) is 2.75. The topological polar surface area (TPSA) is 73.6 Å². The molecule has 0 saturated carbocycles. The number of hydrogen-bond donors (Lipinski definition) is 2. The summed E-state index contributed by atoms with van der Waals surface area (Å²) < 4.78 is 10.6. The predicted molar refractivity (Wildman–Crippen MR) is 78.7 cm³/mol. The summed E-state index contributed by atoms with van der Waals surface area (Å²) in [6.45, 7) is 5.27. The van der Waals surface area contributed by atoms with Crippen LogP contribution in [-0.2, 0) is 16.1 Å². The van der Waals surface area contributed by atoms with Crippen molar-refractivity contribution in [1.82, 2.24) is 5.32 Å². The Labute approximate surface area is 120 Å². The lowest BCUT2D eigenvalue weighted by Crippen LogP contribution is -2.29. The van der Waals surface area contributed by atoms with Gasteiger partial charge in [-0.05, 0) is 25.5 Å². The molecule has 0 aliphatic carbocycles. The van der Waals surface area contributed by atoms with Crippen LogP contribution < -0.4 is 15.8 Å². The first-order valence-electron chi connectivity index (χ1n) is 6.76. The second kappa shape index (κ2) is 8.55. The summed E-state index contributed by atoms with van der Waals surface area (Å²) in [6, 6.07) is 5.79. The Hall–Kier alpha value is -1.59. The maximum Gasteiger partial charge on any atom is 0.221 e. The van der Waals surface area contributed by atoms with E-state index in [-0.39, 0.29) is 11.9 Å². The average Bonchev–Trinajstić information content (AvgIpc) is 2.37. The standard InChI is InChI=1S/C15H24N2O3/c1-11-4-5-13(10-17-15(18)9-12(2)16)14(8-11)20-7-6-19-3/h4-5,8,12H,6-7,9-10,16H2,1-3H3,(H,17,18). The van der Waals surface area contributed by atoms with Gasteiger partial charge in [0.2, 0.25) is 5.91 Å². The van der Waals surface area contributed by atoms with Gasteiger partial charge in [-0.2, -0.15) is 0 Å². The summed E-state index contributed by atoms with van der Waals surface area (Å²) in [6.07, 6.45) is 0.325. The molecule has 20 heavy (non-hydrogen) atoms. The van der Waals surface area contributed by atoms with E-state index in [0.717, 1.165) is 16.9 Å². The Morgan fingerprint density at radius 3 is 2.80 bits per heavy atom. The van der Waals surface area contributed by atoms with Crippen molar-refractivity contribution in [1.29, 1.82) is 0 Å². The van der Waals surface area contributed by atoms with Crippen LogP contribution in [0.3, 0.4) is 0 Å². The van der Waals surface area contributed by atoms with Crippen LogP contribution >= 0.6 is 0 Å². The SMILES string of the molecule is COCCOc1cc(C)ccc1CNC(=O)CC(C)N. The number of aryl methyl sites for hydroxylation is 1. The molecule has 5 heteroatoms. The quantitative estimate of drug-likeness (QED) is 0.705. The molecule has 1 aromatic rings. The molecule has 0 fully saturated rings. The zero-order valence-corrected chi connectivity index (χ0v) is 12.4. The molecule has 1 amide bonds. The molecule has 0 saturated heterocycles. The molecule has 112 valence electrons. The van der Waals surface area contributed by atoms with E-state index >= 15 is 0 Å². The monoisotopic (exact) mass is 280 g/mol. The third-order valence-corrected chi connectivity index (χ3v) is 2.75. The predicted octanol–water partition coefficient (Wildman–Crippen LogP) is 1.37. The van der Waals surface area contributed by atoms with Gasteiger partial charge in [-0.3, -0.25) is 4.79 Å². The summed E-state index contributed by atoms with van der Waals surface area (Å²) in [5, 5.41) is 2.85. The van der Waals surface area contributed by atoms with Crippen molar-refractivity contribution < 1.29 is 14.3 Å². The van der Waals surface area contributed by atoms with E-state index in [1.165, 1.54) is 0 Å². The molecule has 1 unspecified atom stereocenters. The maximum atomic E-state index is 11.6. The van der Waals surface area contributed by atoms with E-state index in [1.54, 1.807) is 7.11 Å². The first-order valence-corrected chi connectivity index (χ1v) is 6.76. The summed E-state index contributed by atoms with van der Waals surface area (Å²) in [5.41, 5.74) is 7.66. The molecular weight excluding hydrogens is 256 g/mol. The van der Waals surface area contributed by atoms with Crippen LogP contribution in [-0.4, -0.2) is 32.3 Å². The van der Waals surface area contributed by atoms with Crippen molar-refractivity contribution in [3.63, 3.8) is 0 Å². The zero-order chi connectivity index (χ0) is 15.0. The molecule has 0 heterocycles. The smallest absolute Gasteiger partial charge is 0.221 e. The van der Waals surface area contributed by atoms with Crippen LogP contribution in [0.15, 0.2) is 18.2 Å². The van der Waals surface area contributed by atoms with Gasteiger partial charge in [0.25, 0.3) is 0 Å². The Bertz CT molecular complexity index is 433. The second-order valence-electron chi connectivity index (χ2n) is 4.91. The molecular formula is C15H24N2O3. The Morgan fingerprint density at radius 1 is 1.40 bits per heavy atom. The van der Waals surface area contributed by atoms with Crippen molar-refractivity contribution in [2.75, 3.05) is 20.3 Å². The minimum atomic E-state index is -0.134.